The second-order valence-electron chi connectivity index (χ2n) is 7.80. The van der Waals surface area contributed by atoms with Crippen molar-refractivity contribution in [3.05, 3.63) is 111 Å². The molecule has 4 aromatic rings. The number of aromatic nitrogens is 1. The molecule has 1 atom stereocenters. The fourth-order valence-electron chi connectivity index (χ4n) is 4.11. The first-order valence-corrected chi connectivity index (χ1v) is 10.7. The molecule has 0 bridgehead atoms. The molecule has 4 rings (SSSR count). The van der Waals surface area contributed by atoms with E-state index in [1.54, 1.807) is 12.1 Å². The Morgan fingerprint density at radius 2 is 1.78 bits per heavy atom. The van der Waals surface area contributed by atoms with Gasteiger partial charge in [0.2, 0.25) is 5.91 Å². The monoisotopic (exact) mass is 427 g/mol. The number of nitro benzene ring substituents is 1. The fourth-order valence-corrected chi connectivity index (χ4v) is 4.11. The predicted octanol–water partition coefficient (Wildman–Crippen LogP) is 5.48. The standard InChI is InChI=1S/C26H25N3O3/c1-2-19-9-6-10-22-24(17-28-26(19)22)23(20-11-13-21(14-12-20)29(31)32)15-25(30)27-16-18-7-4-3-5-8-18/h3-14,17,23,28H,2,15-16H2,1H3,(H,27,30)/t23-/m0/s1. The Kier molecular flexibility index (Phi) is 6.31. The van der Waals surface area contributed by atoms with Gasteiger partial charge in [-0.3, -0.25) is 14.9 Å². The maximum Gasteiger partial charge on any atom is 0.269 e. The number of benzene rings is 3. The topological polar surface area (TPSA) is 88.0 Å². The Morgan fingerprint density at radius 3 is 2.47 bits per heavy atom. The predicted molar refractivity (Wildman–Crippen MR) is 126 cm³/mol. The van der Waals surface area contributed by atoms with Crippen LogP contribution < -0.4 is 5.32 Å². The van der Waals surface area contributed by atoms with Crippen LogP contribution in [0.25, 0.3) is 10.9 Å². The first kappa shape index (κ1) is 21.3. The highest BCUT2D eigenvalue weighted by Crippen LogP contribution is 2.35. The highest BCUT2D eigenvalue weighted by Gasteiger charge is 2.22. The molecule has 0 saturated heterocycles. The highest BCUT2D eigenvalue weighted by molar-refractivity contribution is 5.88. The largest absolute Gasteiger partial charge is 0.361 e. The molecule has 162 valence electrons. The zero-order valence-electron chi connectivity index (χ0n) is 17.9. The van der Waals surface area contributed by atoms with Crippen LogP contribution in [0.4, 0.5) is 5.69 Å². The van der Waals surface area contributed by atoms with Crippen molar-refractivity contribution in [2.24, 2.45) is 0 Å². The molecule has 3 aromatic carbocycles. The van der Waals surface area contributed by atoms with Crippen molar-refractivity contribution in [1.82, 2.24) is 10.3 Å². The molecule has 0 aliphatic carbocycles. The Morgan fingerprint density at radius 1 is 1.03 bits per heavy atom. The molecule has 0 unspecified atom stereocenters. The number of fused-ring (bicyclic) bond motifs is 1. The van der Waals surface area contributed by atoms with Crippen molar-refractivity contribution >= 4 is 22.5 Å². The van der Waals surface area contributed by atoms with Crippen LogP contribution in [0.1, 0.15) is 41.5 Å². The highest BCUT2D eigenvalue weighted by atomic mass is 16.6. The number of aromatic amines is 1. The zero-order valence-corrected chi connectivity index (χ0v) is 17.9. The number of para-hydroxylation sites is 1. The summed E-state index contributed by atoms with van der Waals surface area (Å²) in [4.78, 5) is 27.0. The number of nitrogens with zero attached hydrogens (tertiary/aromatic N) is 1. The quantitative estimate of drug-likeness (QED) is 0.288. The van der Waals surface area contributed by atoms with Crippen LogP contribution in [-0.2, 0) is 17.8 Å². The van der Waals surface area contributed by atoms with Gasteiger partial charge >= 0.3 is 0 Å². The van der Waals surface area contributed by atoms with E-state index in [1.165, 1.54) is 17.7 Å². The molecule has 1 amide bonds. The lowest BCUT2D eigenvalue weighted by Gasteiger charge is -2.17. The van der Waals surface area contributed by atoms with Gasteiger partial charge in [-0.25, -0.2) is 0 Å². The van der Waals surface area contributed by atoms with E-state index in [2.05, 4.69) is 29.4 Å². The first-order valence-electron chi connectivity index (χ1n) is 10.7. The van der Waals surface area contributed by atoms with Gasteiger partial charge in [-0.2, -0.15) is 0 Å². The van der Waals surface area contributed by atoms with Crippen LogP contribution in [0, 0.1) is 10.1 Å². The number of carbonyl (C=O) groups excluding carboxylic acids is 1. The van der Waals surface area contributed by atoms with Crippen molar-refractivity contribution < 1.29 is 9.72 Å². The number of nitrogens with one attached hydrogen (secondary N) is 2. The third-order valence-electron chi connectivity index (χ3n) is 5.82. The molecule has 0 fully saturated rings. The third kappa shape index (κ3) is 4.54. The van der Waals surface area contributed by atoms with Gasteiger partial charge in [-0.15, -0.1) is 0 Å². The number of non-ortho nitro benzene ring substituents is 1. The maximum atomic E-state index is 12.9. The van der Waals surface area contributed by atoms with Gasteiger partial charge in [-0.1, -0.05) is 67.6 Å². The lowest BCUT2D eigenvalue weighted by atomic mass is 9.87. The van der Waals surface area contributed by atoms with Crippen LogP contribution in [-0.4, -0.2) is 15.8 Å². The number of nitro groups is 1. The summed E-state index contributed by atoms with van der Waals surface area (Å²) >= 11 is 0. The smallest absolute Gasteiger partial charge is 0.269 e. The minimum atomic E-state index is -0.412. The molecule has 6 heteroatoms. The summed E-state index contributed by atoms with van der Waals surface area (Å²) in [6, 6.07) is 22.4. The zero-order chi connectivity index (χ0) is 22.5. The van der Waals surface area contributed by atoms with Crippen molar-refractivity contribution in [2.45, 2.75) is 32.2 Å². The molecule has 2 N–H and O–H groups in total. The normalized spacial score (nSPS) is 11.9. The van der Waals surface area contributed by atoms with Gasteiger partial charge in [0, 0.05) is 48.1 Å². The van der Waals surface area contributed by atoms with E-state index < -0.39 is 4.92 Å². The maximum absolute atomic E-state index is 12.9. The molecule has 6 nitrogen and oxygen atoms in total. The minimum Gasteiger partial charge on any atom is -0.361 e. The summed E-state index contributed by atoms with van der Waals surface area (Å²) in [6.07, 6.45) is 3.10. The molecule has 0 radical (unpaired) electrons. The van der Waals surface area contributed by atoms with Crippen LogP contribution in [0.2, 0.25) is 0 Å². The van der Waals surface area contributed by atoms with E-state index in [0.29, 0.717) is 6.54 Å². The van der Waals surface area contributed by atoms with E-state index in [-0.39, 0.29) is 23.9 Å². The van der Waals surface area contributed by atoms with Crippen molar-refractivity contribution in [3.8, 4) is 0 Å². The number of aryl methyl sites for hydroxylation is 1. The van der Waals surface area contributed by atoms with Crippen LogP contribution >= 0.6 is 0 Å². The Bertz CT molecular complexity index is 1230. The van der Waals surface area contributed by atoms with Gasteiger partial charge in [0.05, 0.1) is 4.92 Å². The molecular weight excluding hydrogens is 402 g/mol. The first-order chi connectivity index (χ1) is 15.6. The molecule has 32 heavy (non-hydrogen) atoms. The summed E-state index contributed by atoms with van der Waals surface area (Å²) < 4.78 is 0. The van der Waals surface area contributed by atoms with Gasteiger partial charge in [0.15, 0.2) is 0 Å². The summed E-state index contributed by atoms with van der Waals surface area (Å²) in [5, 5.41) is 15.2. The van der Waals surface area contributed by atoms with Crippen LogP contribution in [0.5, 0.6) is 0 Å². The van der Waals surface area contributed by atoms with Crippen molar-refractivity contribution in [2.75, 3.05) is 0 Å². The Balaban J connectivity index is 1.65. The molecule has 1 aromatic heterocycles. The lowest BCUT2D eigenvalue weighted by molar-refractivity contribution is -0.384. The molecule has 1 heterocycles. The summed E-state index contributed by atoms with van der Waals surface area (Å²) in [6.45, 7) is 2.57. The summed E-state index contributed by atoms with van der Waals surface area (Å²) in [5.41, 5.74) is 5.24. The fraction of sp³-hybridized carbons (Fsp3) is 0.192. The number of hydrogen-bond donors (Lipinski definition) is 2. The third-order valence-corrected chi connectivity index (χ3v) is 5.82. The summed E-state index contributed by atoms with van der Waals surface area (Å²) in [7, 11) is 0. The van der Waals surface area contributed by atoms with Gasteiger partial charge in [-0.05, 0) is 28.7 Å². The molecule has 0 aliphatic heterocycles. The molecule has 0 spiro atoms. The summed E-state index contributed by atoms with van der Waals surface area (Å²) in [5.74, 6) is -0.300. The van der Waals surface area contributed by atoms with Crippen LogP contribution in [0.3, 0.4) is 0 Å². The number of rotatable bonds is 8. The molecule has 0 aliphatic rings. The van der Waals surface area contributed by atoms with Crippen molar-refractivity contribution in [3.63, 3.8) is 0 Å². The van der Waals surface area contributed by atoms with Crippen LogP contribution in [0.15, 0.2) is 79.0 Å². The Hall–Kier alpha value is -3.93. The van der Waals surface area contributed by atoms with Gasteiger partial charge in [0.25, 0.3) is 5.69 Å². The van der Waals surface area contributed by atoms with E-state index >= 15 is 0 Å². The Labute approximate surface area is 186 Å². The lowest BCUT2D eigenvalue weighted by Crippen LogP contribution is -2.25. The van der Waals surface area contributed by atoms with E-state index in [0.717, 1.165) is 34.0 Å². The minimum absolute atomic E-state index is 0.0354. The number of hydrogen-bond acceptors (Lipinski definition) is 3. The second kappa shape index (κ2) is 9.47. The van der Waals surface area contributed by atoms with E-state index in [1.807, 2.05) is 42.6 Å². The van der Waals surface area contributed by atoms with Gasteiger partial charge in [0.1, 0.15) is 0 Å². The van der Waals surface area contributed by atoms with Crippen molar-refractivity contribution in [1.29, 1.82) is 0 Å². The number of carbonyl (C=O) groups is 1. The van der Waals surface area contributed by atoms with E-state index in [9.17, 15) is 14.9 Å². The average Bonchev–Trinajstić information content (AvgIpc) is 3.26. The number of amides is 1. The number of H-pyrrole nitrogens is 1. The van der Waals surface area contributed by atoms with Gasteiger partial charge < -0.3 is 10.3 Å². The van der Waals surface area contributed by atoms with E-state index in [4.69, 9.17) is 0 Å². The average molecular weight is 428 g/mol. The molecular formula is C26H25N3O3. The molecule has 0 saturated carbocycles. The second-order valence-corrected chi connectivity index (χ2v) is 7.80. The SMILES string of the molecule is CCc1cccc2c([C@@H](CC(=O)NCc3ccccc3)c3ccc([N+](=O)[O-])cc3)c[nH]c12.